The van der Waals surface area contributed by atoms with E-state index < -0.39 is 17.5 Å². The van der Waals surface area contributed by atoms with Gasteiger partial charge in [-0.3, -0.25) is 4.98 Å². The maximum Gasteiger partial charge on any atom is 1.00 e. The van der Waals surface area contributed by atoms with E-state index in [-0.39, 0.29) is 46.3 Å². The second-order valence-electron chi connectivity index (χ2n) is 14.4. The molecule has 0 radical (unpaired) electrons. The predicted molar refractivity (Wildman–Crippen MR) is 201 cm³/mol. The van der Waals surface area contributed by atoms with Gasteiger partial charge in [0.05, 0.1) is 29.4 Å². The van der Waals surface area contributed by atoms with Crippen LogP contribution in [-0.2, 0) is 16.8 Å². The quantitative estimate of drug-likeness (QED) is 0.114. The van der Waals surface area contributed by atoms with Crippen LogP contribution in [0.15, 0.2) is 60.7 Å². The monoisotopic (exact) mass is 725 g/mol. The molecule has 8 heteroatoms. The van der Waals surface area contributed by atoms with Crippen molar-refractivity contribution in [2.75, 3.05) is 10.6 Å². The number of phenolic OH excluding ortho intramolecular Hbond substituents is 1. The number of aromatic hydroxyl groups is 2. The van der Waals surface area contributed by atoms with Crippen LogP contribution < -0.4 is 15.7 Å². The first-order valence-electron chi connectivity index (χ1n) is 17.4. The Labute approximate surface area is 310 Å². The standard InChI is InChI=1S/C29H39N3.C13H18O4.Co/c1-18(2)24-16-20(5)12-14-28(24)30-22(7)26-10-9-11-27(32-26)23(8)31-29-15-13-21(6)17-25(29)19(3)4;1-6(2)8-5-9(14)12(15)11(13(16)17)10(8)7(3)4;/h9-19,22-23,30-31H,1-8H3;5-7,14-15H,1-4H3,(H,16,17);/q;;+1/p-1. The normalized spacial score (nSPS) is 12.3. The van der Waals surface area contributed by atoms with Crippen LogP contribution in [0.5, 0.6) is 11.5 Å². The molecule has 0 bridgehead atoms. The SMILES string of the molecule is CC(C)c1cc(O)c(O)c(C(=O)[O-])c1C(C)C.Cc1ccc(NC(C)c2cccc(C(C)Nc3ccc(C)cc3C(C)C)n2)c(C(C)C)c1.[Co+]. The van der Waals surface area contributed by atoms with E-state index in [9.17, 15) is 20.1 Å². The third-order valence-electron chi connectivity index (χ3n) is 8.84. The van der Waals surface area contributed by atoms with E-state index in [0.29, 0.717) is 17.4 Å². The number of nitrogens with one attached hydrogen (secondary N) is 2. The third-order valence-corrected chi connectivity index (χ3v) is 8.84. The van der Waals surface area contributed by atoms with Crippen molar-refractivity contribution in [2.24, 2.45) is 0 Å². The molecule has 0 aliphatic carbocycles. The number of carbonyl (C=O) groups is 1. The molecule has 1 aromatic heterocycles. The van der Waals surface area contributed by atoms with Gasteiger partial charge in [0.2, 0.25) is 0 Å². The van der Waals surface area contributed by atoms with Gasteiger partial charge in [-0.15, -0.1) is 0 Å². The molecule has 4 rings (SSSR count). The summed E-state index contributed by atoms with van der Waals surface area (Å²) in [7, 11) is 0. The predicted octanol–water partition coefficient (Wildman–Crippen LogP) is 10.00. The van der Waals surface area contributed by atoms with Crippen LogP contribution in [0.1, 0.15) is 160 Å². The molecule has 4 N–H and O–H groups in total. The molecule has 0 saturated carbocycles. The fraction of sp³-hybridized carbons (Fsp3) is 0.429. The minimum absolute atomic E-state index is 0. The van der Waals surface area contributed by atoms with Gasteiger partial charge in [-0.2, -0.15) is 0 Å². The summed E-state index contributed by atoms with van der Waals surface area (Å²) in [6.45, 7) is 25.1. The Morgan fingerprint density at radius 2 is 1.06 bits per heavy atom. The van der Waals surface area contributed by atoms with Gasteiger partial charge in [0.15, 0.2) is 11.5 Å². The van der Waals surface area contributed by atoms with E-state index in [1.54, 1.807) is 0 Å². The fourth-order valence-corrected chi connectivity index (χ4v) is 6.15. The van der Waals surface area contributed by atoms with E-state index in [1.165, 1.54) is 39.7 Å². The number of hydrogen-bond acceptors (Lipinski definition) is 7. The average Bonchev–Trinajstić information content (AvgIpc) is 3.03. The first-order valence-corrected chi connectivity index (χ1v) is 17.4. The number of aromatic carboxylic acids is 1. The number of phenols is 2. The van der Waals surface area contributed by atoms with E-state index in [4.69, 9.17) is 4.98 Å². The van der Waals surface area contributed by atoms with Gasteiger partial charge in [-0.05, 0) is 104 Å². The zero-order valence-electron chi connectivity index (χ0n) is 31.7. The number of nitrogens with zero attached hydrogens (tertiary/aromatic N) is 1. The van der Waals surface area contributed by atoms with E-state index in [1.807, 2.05) is 27.7 Å². The van der Waals surface area contributed by atoms with Crippen molar-refractivity contribution in [3.05, 3.63) is 111 Å². The second-order valence-corrected chi connectivity index (χ2v) is 14.4. The van der Waals surface area contributed by atoms with Gasteiger partial charge in [0.25, 0.3) is 0 Å². The summed E-state index contributed by atoms with van der Waals surface area (Å²) < 4.78 is 0. The van der Waals surface area contributed by atoms with Gasteiger partial charge in [0, 0.05) is 16.9 Å². The molecule has 7 nitrogen and oxygen atoms in total. The molecule has 50 heavy (non-hydrogen) atoms. The number of carboxylic acids is 1. The zero-order chi connectivity index (χ0) is 36.7. The van der Waals surface area contributed by atoms with Crippen molar-refractivity contribution in [3.8, 4) is 11.5 Å². The molecule has 0 saturated heterocycles. The maximum absolute atomic E-state index is 11.1. The molecule has 2 unspecified atom stereocenters. The van der Waals surface area contributed by atoms with Gasteiger partial charge in [-0.1, -0.05) is 96.8 Å². The Morgan fingerprint density at radius 1 is 0.640 bits per heavy atom. The number of hydrogen-bond donors (Lipinski definition) is 4. The number of carbonyl (C=O) groups excluding carboxylic acids is 1. The van der Waals surface area contributed by atoms with Crippen LogP contribution in [0.25, 0.3) is 0 Å². The van der Waals surface area contributed by atoms with Crippen LogP contribution in [0.3, 0.4) is 0 Å². The summed E-state index contributed by atoms with van der Waals surface area (Å²) in [5, 5.41) is 37.7. The fourth-order valence-electron chi connectivity index (χ4n) is 6.15. The van der Waals surface area contributed by atoms with E-state index in [2.05, 4.69) is 121 Å². The summed E-state index contributed by atoms with van der Waals surface area (Å²) in [5.74, 6) is -1.58. The largest absolute Gasteiger partial charge is 1.00 e. The van der Waals surface area contributed by atoms with Crippen LogP contribution >= 0.6 is 0 Å². The molecule has 0 aliphatic rings. The van der Waals surface area contributed by atoms with Crippen molar-refractivity contribution in [1.82, 2.24) is 4.98 Å². The number of aromatic nitrogens is 1. The molecular formula is C42H56CoN3O4. The zero-order valence-corrected chi connectivity index (χ0v) is 32.8. The summed E-state index contributed by atoms with van der Waals surface area (Å²) in [4.78, 5) is 16.1. The Kier molecular flexibility index (Phi) is 15.4. The minimum Gasteiger partial charge on any atom is -0.545 e. The van der Waals surface area contributed by atoms with Gasteiger partial charge in [0.1, 0.15) is 0 Å². The van der Waals surface area contributed by atoms with Gasteiger partial charge in [-0.25, -0.2) is 0 Å². The van der Waals surface area contributed by atoms with Crippen LogP contribution in [-0.4, -0.2) is 21.2 Å². The Balaban J connectivity index is 0.000000409. The molecule has 272 valence electrons. The van der Waals surface area contributed by atoms with E-state index >= 15 is 0 Å². The first-order chi connectivity index (χ1) is 22.9. The molecule has 0 aliphatic heterocycles. The Bertz CT molecular complexity index is 1670. The molecule has 0 amide bonds. The van der Waals surface area contributed by atoms with Crippen molar-refractivity contribution in [3.63, 3.8) is 0 Å². The Hall–Kier alpha value is -4.01. The number of aryl methyl sites for hydroxylation is 2. The number of rotatable bonds is 11. The third kappa shape index (κ3) is 10.5. The van der Waals surface area contributed by atoms with E-state index in [0.717, 1.165) is 17.0 Å². The topological polar surface area (TPSA) is 118 Å². The van der Waals surface area contributed by atoms with Crippen molar-refractivity contribution < 1.29 is 36.9 Å². The molecule has 4 aromatic rings. The van der Waals surface area contributed by atoms with Crippen LogP contribution in [0, 0.1) is 13.8 Å². The number of pyridine rings is 1. The molecule has 3 aromatic carbocycles. The van der Waals surface area contributed by atoms with Crippen molar-refractivity contribution in [1.29, 1.82) is 0 Å². The maximum atomic E-state index is 11.1. The van der Waals surface area contributed by atoms with Crippen molar-refractivity contribution >= 4 is 17.3 Å². The smallest absolute Gasteiger partial charge is 0.545 e. The molecule has 0 fully saturated rings. The average molecular weight is 726 g/mol. The number of carboxylic acid groups (broad SMARTS) is 1. The number of benzene rings is 3. The molecule has 2 atom stereocenters. The number of anilines is 2. The van der Waals surface area contributed by atoms with Gasteiger partial charge < -0.3 is 30.7 Å². The summed E-state index contributed by atoms with van der Waals surface area (Å²) in [6, 6.07) is 21.3. The summed E-state index contributed by atoms with van der Waals surface area (Å²) in [5.41, 5.74) is 10.7. The molecule has 0 spiro atoms. The van der Waals surface area contributed by atoms with Crippen LogP contribution in [0.2, 0.25) is 0 Å². The molecule has 1 heterocycles. The summed E-state index contributed by atoms with van der Waals surface area (Å²) >= 11 is 0. The van der Waals surface area contributed by atoms with Crippen LogP contribution in [0.4, 0.5) is 11.4 Å². The van der Waals surface area contributed by atoms with Gasteiger partial charge >= 0.3 is 16.8 Å². The second kappa shape index (κ2) is 18.3. The minimum atomic E-state index is -1.47. The first kappa shape index (κ1) is 42.2. The molecular weight excluding hydrogens is 669 g/mol. The Morgan fingerprint density at radius 3 is 1.42 bits per heavy atom. The summed E-state index contributed by atoms with van der Waals surface area (Å²) in [6.07, 6.45) is 0. The van der Waals surface area contributed by atoms with Crippen molar-refractivity contribution in [2.45, 2.75) is 119 Å².